The molecule has 0 aliphatic carbocycles. The Hall–Kier alpha value is -3.36. The molecule has 2 nitrogen and oxygen atoms in total. The zero-order valence-electron chi connectivity index (χ0n) is 16.9. The normalized spacial score (nSPS) is 22.7. The van der Waals surface area contributed by atoms with Crippen LogP contribution in [0.3, 0.4) is 0 Å². The van der Waals surface area contributed by atoms with Crippen LogP contribution in [0.25, 0.3) is 0 Å². The van der Waals surface area contributed by atoms with Crippen molar-refractivity contribution in [2.24, 2.45) is 0 Å². The first-order valence-electron chi connectivity index (χ1n) is 10.3. The minimum Gasteiger partial charge on any atom is -0.485 e. The first-order chi connectivity index (χ1) is 14.7. The Kier molecular flexibility index (Phi) is 4.65. The Bertz CT molecular complexity index is 1140. The molecule has 1 aliphatic heterocycles. The Balaban J connectivity index is 1.83. The molecule has 3 atom stereocenters. The molecule has 0 radical (unpaired) electrons. The molecule has 0 unspecified atom stereocenters. The molecule has 5 rings (SSSR count). The van der Waals surface area contributed by atoms with Crippen LogP contribution in [0, 0.1) is 6.92 Å². The molecule has 0 spiro atoms. The van der Waals surface area contributed by atoms with Crippen LogP contribution in [0.1, 0.15) is 39.8 Å². The van der Waals surface area contributed by atoms with Crippen molar-refractivity contribution < 1.29 is 9.84 Å². The first kappa shape index (κ1) is 18.7. The number of rotatable bonds is 3. The SMILES string of the molecule is Cc1ccc2c(c1)[C@](O)(c1ccccc1)[C@@H](c1ccccc1)[C@H](c1ccccc1)O2. The molecule has 1 aliphatic rings. The summed E-state index contributed by atoms with van der Waals surface area (Å²) in [6.07, 6.45) is -0.325. The maximum Gasteiger partial charge on any atom is 0.134 e. The largest absolute Gasteiger partial charge is 0.485 e. The molecule has 0 saturated heterocycles. The van der Waals surface area contributed by atoms with Gasteiger partial charge in [-0.05, 0) is 35.7 Å². The number of ether oxygens (including phenoxy) is 1. The van der Waals surface area contributed by atoms with Crippen LogP contribution in [-0.2, 0) is 5.60 Å². The quantitative estimate of drug-likeness (QED) is 0.453. The van der Waals surface area contributed by atoms with Gasteiger partial charge in [0.2, 0.25) is 0 Å². The minimum atomic E-state index is -1.23. The predicted octanol–water partition coefficient (Wildman–Crippen LogP) is 6.15. The summed E-state index contributed by atoms with van der Waals surface area (Å²) in [6.45, 7) is 2.05. The van der Waals surface area contributed by atoms with E-state index >= 15 is 0 Å². The number of aliphatic hydroxyl groups is 1. The lowest BCUT2D eigenvalue weighted by molar-refractivity contribution is -0.0258. The van der Waals surface area contributed by atoms with Crippen molar-refractivity contribution >= 4 is 0 Å². The summed E-state index contributed by atoms with van der Waals surface area (Å²) in [7, 11) is 0. The van der Waals surface area contributed by atoms with Crippen LogP contribution in [0.4, 0.5) is 0 Å². The molecular weight excluding hydrogens is 368 g/mol. The van der Waals surface area contributed by atoms with Gasteiger partial charge in [0.15, 0.2) is 0 Å². The van der Waals surface area contributed by atoms with Crippen LogP contribution in [0.15, 0.2) is 109 Å². The van der Waals surface area contributed by atoms with E-state index in [0.717, 1.165) is 33.6 Å². The van der Waals surface area contributed by atoms with Gasteiger partial charge in [-0.2, -0.15) is 0 Å². The molecule has 0 saturated carbocycles. The fourth-order valence-electron chi connectivity index (χ4n) is 4.64. The number of aryl methyl sites for hydroxylation is 1. The van der Waals surface area contributed by atoms with Crippen LogP contribution < -0.4 is 4.74 Å². The lowest BCUT2D eigenvalue weighted by atomic mass is 9.67. The summed E-state index contributed by atoms with van der Waals surface area (Å²) >= 11 is 0. The van der Waals surface area contributed by atoms with E-state index < -0.39 is 5.60 Å². The van der Waals surface area contributed by atoms with Crippen LogP contribution in [0.2, 0.25) is 0 Å². The van der Waals surface area contributed by atoms with E-state index in [0.29, 0.717) is 0 Å². The maximum atomic E-state index is 12.6. The van der Waals surface area contributed by atoms with Gasteiger partial charge in [0.05, 0.1) is 5.92 Å². The molecule has 1 N–H and O–H groups in total. The third-order valence-corrected chi connectivity index (χ3v) is 6.05. The van der Waals surface area contributed by atoms with E-state index in [1.54, 1.807) is 0 Å². The number of hydrogen-bond donors (Lipinski definition) is 1. The molecule has 0 fully saturated rings. The molecule has 2 heteroatoms. The average molecular weight is 392 g/mol. The van der Waals surface area contributed by atoms with Crippen molar-refractivity contribution in [1.82, 2.24) is 0 Å². The number of fused-ring (bicyclic) bond motifs is 1. The van der Waals surface area contributed by atoms with Gasteiger partial charge in [0.25, 0.3) is 0 Å². The Labute approximate surface area is 177 Å². The van der Waals surface area contributed by atoms with Gasteiger partial charge in [0.1, 0.15) is 17.5 Å². The maximum absolute atomic E-state index is 12.6. The molecule has 0 aromatic heterocycles. The fraction of sp³-hybridized carbons (Fsp3) is 0.143. The minimum absolute atomic E-state index is 0.308. The fourth-order valence-corrected chi connectivity index (χ4v) is 4.64. The van der Waals surface area contributed by atoms with Crippen LogP contribution in [0.5, 0.6) is 5.75 Å². The number of benzene rings is 4. The third-order valence-electron chi connectivity index (χ3n) is 6.05. The van der Waals surface area contributed by atoms with Crippen LogP contribution >= 0.6 is 0 Å². The summed E-state index contributed by atoms with van der Waals surface area (Å²) in [5, 5.41) is 12.6. The standard InChI is InChI=1S/C28H24O2/c1-20-17-18-25-24(19-20)28(29,23-15-9-4-10-16-23)26(21-11-5-2-6-12-21)27(30-25)22-13-7-3-8-14-22/h2-19,26-27,29H,1H3/t26-,27-,28+/m0/s1. The summed E-state index contributed by atoms with van der Waals surface area (Å²) in [5.74, 6) is 0.422. The van der Waals surface area contributed by atoms with E-state index in [1.807, 2.05) is 85.8 Å². The average Bonchev–Trinajstić information content (AvgIpc) is 2.81. The molecule has 4 aromatic carbocycles. The summed E-state index contributed by atoms with van der Waals surface area (Å²) < 4.78 is 6.60. The van der Waals surface area contributed by atoms with Crippen molar-refractivity contribution in [3.63, 3.8) is 0 Å². The smallest absolute Gasteiger partial charge is 0.134 e. The highest BCUT2D eigenvalue weighted by atomic mass is 16.5. The highest BCUT2D eigenvalue weighted by molar-refractivity contribution is 5.53. The molecule has 148 valence electrons. The lowest BCUT2D eigenvalue weighted by Crippen LogP contribution is -2.43. The lowest BCUT2D eigenvalue weighted by Gasteiger charge is -2.46. The van der Waals surface area contributed by atoms with Gasteiger partial charge in [0, 0.05) is 5.56 Å². The van der Waals surface area contributed by atoms with Gasteiger partial charge < -0.3 is 9.84 Å². The van der Waals surface area contributed by atoms with E-state index in [4.69, 9.17) is 4.74 Å². The van der Waals surface area contributed by atoms with Gasteiger partial charge in [-0.25, -0.2) is 0 Å². The Morgan fingerprint density at radius 1 is 0.700 bits per heavy atom. The summed E-state index contributed by atoms with van der Waals surface area (Å²) in [4.78, 5) is 0. The Morgan fingerprint density at radius 3 is 1.90 bits per heavy atom. The van der Waals surface area contributed by atoms with Crippen molar-refractivity contribution in [2.45, 2.75) is 24.5 Å². The monoisotopic (exact) mass is 392 g/mol. The van der Waals surface area contributed by atoms with Gasteiger partial charge in [-0.15, -0.1) is 0 Å². The van der Waals surface area contributed by atoms with E-state index in [9.17, 15) is 5.11 Å². The summed E-state index contributed by atoms with van der Waals surface area (Å²) in [6, 6.07) is 36.5. The van der Waals surface area contributed by atoms with E-state index in [2.05, 4.69) is 30.3 Å². The van der Waals surface area contributed by atoms with Crippen molar-refractivity contribution in [3.8, 4) is 5.75 Å². The second-order valence-corrected chi connectivity index (χ2v) is 7.97. The highest BCUT2D eigenvalue weighted by Crippen LogP contribution is 2.56. The molecule has 1 heterocycles. The molecule has 30 heavy (non-hydrogen) atoms. The van der Waals surface area contributed by atoms with E-state index in [1.165, 1.54) is 0 Å². The second kappa shape index (κ2) is 7.47. The summed E-state index contributed by atoms with van der Waals surface area (Å²) in [5.41, 5.74) is 3.64. The van der Waals surface area contributed by atoms with Crippen molar-refractivity contribution in [2.75, 3.05) is 0 Å². The zero-order valence-corrected chi connectivity index (χ0v) is 16.9. The second-order valence-electron chi connectivity index (χ2n) is 7.97. The Morgan fingerprint density at radius 2 is 1.27 bits per heavy atom. The molecule has 4 aromatic rings. The zero-order chi connectivity index (χ0) is 20.6. The molecule has 0 bridgehead atoms. The third kappa shape index (κ3) is 3.01. The topological polar surface area (TPSA) is 29.5 Å². The first-order valence-corrected chi connectivity index (χ1v) is 10.3. The van der Waals surface area contributed by atoms with Crippen molar-refractivity contribution in [1.29, 1.82) is 0 Å². The van der Waals surface area contributed by atoms with Gasteiger partial charge in [-0.1, -0.05) is 103 Å². The van der Waals surface area contributed by atoms with Crippen LogP contribution in [-0.4, -0.2) is 5.11 Å². The van der Waals surface area contributed by atoms with Crippen molar-refractivity contribution in [3.05, 3.63) is 137 Å². The van der Waals surface area contributed by atoms with Gasteiger partial charge in [-0.3, -0.25) is 0 Å². The molecule has 0 amide bonds. The number of hydrogen-bond acceptors (Lipinski definition) is 2. The van der Waals surface area contributed by atoms with Gasteiger partial charge >= 0.3 is 0 Å². The van der Waals surface area contributed by atoms with E-state index in [-0.39, 0.29) is 12.0 Å². The highest BCUT2D eigenvalue weighted by Gasteiger charge is 2.51. The molecular formula is C28H24O2. The predicted molar refractivity (Wildman–Crippen MR) is 120 cm³/mol.